The Kier molecular flexibility index (Phi) is 7.32. The molecule has 26 heavy (non-hydrogen) atoms. The van der Waals surface area contributed by atoms with Crippen molar-refractivity contribution in [3.63, 3.8) is 0 Å². The van der Waals surface area contributed by atoms with Gasteiger partial charge in [0.15, 0.2) is 0 Å². The Hall–Kier alpha value is -2.22. The lowest BCUT2D eigenvalue weighted by molar-refractivity contribution is -0.132. The molecule has 1 aromatic rings. The average Bonchev–Trinajstić information content (AvgIpc) is 2.62. The standard InChI is InChI=1S/C18H25F2N3O3/c1-21-17(25)14-7-9-23(10-8-14)12-16(24)22(2)11-13-3-5-15(6-4-13)26-18(19)20/h3-6,14,18H,7-12H2,1-2H3,(H,21,25). The van der Waals surface area contributed by atoms with Gasteiger partial charge in [-0.15, -0.1) is 0 Å². The fourth-order valence-electron chi connectivity index (χ4n) is 3.01. The van der Waals surface area contributed by atoms with Crippen molar-refractivity contribution in [1.29, 1.82) is 0 Å². The number of nitrogens with zero attached hydrogens (tertiary/aromatic N) is 2. The van der Waals surface area contributed by atoms with E-state index >= 15 is 0 Å². The second-order valence-corrected chi connectivity index (χ2v) is 6.44. The summed E-state index contributed by atoms with van der Waals surface area (Å²) in [5.74, 6) is 0.165. The van der Waals surface area contributed by atoms with Crippen molar-refractivity contribution in [3.05, 3.63) is 29.8 Å². The number of carbonyl (C=O) groups is 2. The normalized spacial score (nSPS) is 15.7. The smallest absolute Gasteiger partial charge is 0.387 e. The van der Waals surface area contributed by atoms with Crippen molar-refractivity contribution in [2.45, 2.75) is 26.0 Å². The van der Waals surface area contributed by atoms with Crippen molar-refractivity contribution >= 4 is 11.8 Å². The molecule has 0 saturated carbocycles. The maximum Gasteiger partial charge on any atom is 0.387 e. The van der Waals surface area contributed by atoms with Gasteiger partial charge in [0.25, 0.3) is 0 Å². The van der Waals surface area contributed by atoms with E-state index in [0.717, 1.165) is 31.5 Å². The van der Waals surface area contributed by atoms with Gasteiger partial charge >= 0.3 is 6.61 Å². The van der Waals surface area contributed by atoms with Crippen LogP contribution in [0.5, 0.6) is 5.75 Å². The van der Waals surface area contributed by atoms with Crippen molar-refractivity contribution in [2.75, 3.05) is 33.7 Å². The van der Waals surface area contributed by atoms with Crippen molar-refractivity contribution in [2.24, 2.45) is 5.92 Å². The Bertz CT molecular complexity index is 602. The fourth-order valence-corrected chi connectivity index (χ4v) is 3.01. The molecular weight excluding hydrogens is 344 g/mol. The fraction of sp³-hybridized carbons (Fsp3) is 0.556. The van der Waals surface area contributed by atoms with Gasteiger partial charge in [-0.1, -0.05) is 12.1 Å². The maximum absolute atomic E-state index is 12.4. The first-order valence-electron chi connectivity index (χ1n) is 8.60. The number of amides is 2. The van der Waals surface area contributed by atoms with Crippen LogP contribution < -0.4 is 10.1 Å². The molecule has 2 rings (SSSR count). The minimum Gasteiger partial charge on any atom is -0.435 e. The Labute approximate surface area is 152 Å². The second kappa shape index (κ2) is 9.47. The Morgan fingerprint density at radius 1 is 1.27 bits per heavy atom. The van der Waals surface area contributed by atoms with Crippen molar-refractivity contribution < 1.29 is 23.1 Å². The summed E-state index contributed by atoms with van der Waals surface area (Å²) in [5.41, 5.74) is 0.834. The summed E-state index contributed by atoms with van der Waals surface area (Å²) in [4.78, 5) is 27.7. The summed E-state index contributed by atoms with van der Waals surface area (Å²) < 4.78 is 28.6. The molecule has 1 heterocycles. The minimum absolute atomic E-state index is 0.0173. The third-order valence-corrected chi connectivity index (χ3v) is 4.56. The Balaban J connectivity index is 1.78. The SMILES string of the molecule is CNC(=O)C1CCN(CC(=O)N(C)Cc2ccc(OC(F)F)cc2)CC1. The number of likely N-dealkylation sites (tertiary alicyclic amines) is 1. The lowest BCUT2D eigenvalue weighted by atomic mass is 9.96. The van der Waals surface area contributed by atoms with Crippen LogP contribution in [-0.2, 0) is 16.1 Å². The molecule has 1 aromatic carbocycles. The number of hydrogen-bond acceptors (Lipinski definition) is 4. The monoisotopic (exact) mass is 369 g/mol. The molecule has 8 heteroatoms. The topological polar surface area (TPSA) is 61.9 Å². The number of carbonyl (C=O) groups excluding carboxylic acids is 2. The average molecular weight is 369 g/mol. The molecule has 1 fully saturated rings. The molecule has 1 aliphatic heterocycles. The number of piperidine rings is 1. The zero-order valence-electron chi connectivity index (χ0n) is 15.1. The summed E-state index contributed by atoms with van der Waals surface area (Å²) >= 11 is 0. The van der Waals surface area contributed by atoms with E-state index < -0.39 is 6.61 Å². The lowest BCUT2D eigenvalue weighted by Gasteiger charge is -2.31. The molecule has 0 radical (unpaired) electrons. The Morgan fingerprint density at radius 2 is 1.88 bits per heavy atom. The molecule has 1 N–H and O–H groups in total. The summed E-state index contributed by atoms with van der Waals surface area (Å²) in [5, 5.41) is 2.67. The van der Waals surface area contributed by atoms with E-state index in [4.69, 9.17) is 0 Å². The first-order chi connectivity index (χ1) is 12.4. The maximum atomic E-state index is 12.4. The third kappa shape index (κ3) is 5.94. The van der Waals surface area contributed by atoms with Crippen LogP contribution in [-0.4, -0.2) is 62.0 Å². The molecule has 144 valence electrons. The highest BCUT2D eigenvalue weighted by molar-refractivity contribution is 5.79. The number of benzene rings is 1. The molecule has 0 aromatic heterocycles. The molecule has 2 amide bonds. The van der Waals surface area contributed by atoms with Gasteiger partial charge < -0.3 is 15.0 Å². The number of alkyl halides is 2. The summed E-state index contributed by atoms with van der Waals surface area (Å²) in [7, 11) is 3.35. The molecule has 0 aliphatic carbocycles. The number of ether oxygens (including phenoxy) is 1. The van der Waals surface area contributed by atoms with Crippen LogP contribution in [0.2, 0.25) is 0 Å². The van der Waals surface area contributed by atoms with E-state index in [9.17, 15) is 18.4 Å². The van der Waals surface area contributed by atoms with Gasteiger partial charge in [0, 0.05) is 26.6 Å². The number of halogens is 2. The zero-order valence-corrected chi connectivity index (χ0v) is 15.1. The zero-order chi connectivity index (χ0) is 19.1. The Morgan fingerprint density at radius 3 is 2.42 bits per heavy atom. The number of nitrogens with one attached hydrogen (secondary N) is 1. The molecule has 0 spiro atoms. The van der Waals surface area contributed by atoms with Gasteiger partial charge in [0.2, 0.25) is 11.8 Å². The summed E-state index contributed by atoms with van der Waals surface area (Å²) in [6.45, 7) is -0.710. The van der Waals surface area contributed by atoms with Crippen molar-refractivity contribution in [3.8, 4) is 5.75 Å². The molecule has 1 saturated heterocycles. The molecule has 1 aliphatic rings. The van der Waals surface area contributed by atoms with Gasteiger partial charge in [0.05, 0.1) is 6.54 Å². The summed E-state index contributed by atoms with van der Waals surface area (Å²) in [6.07, 6.45) is 1.50. The van der Waals surface area contributed by atoms with Crippen LogP contribution in [0.1, 0.15) is 18.4 Å². The lowest BCUT2D eigenvalue weighted by Crippen LogP contribution is -2.44. The van der Waals surface area contributed by atoms with Gasteiger partial charge in [-0.3, -0.25) is 14.5 Å². The van der Waals surface area contributed by atoms with E-state index in [-0.39, 0.29) is 23.5 Å². The van der Waals surface area contributed by atoms with Gasteiger partial charge in [0.1, 0.15) is 5.75 Å². The van der Waals surface area contributed by atoms with Crippen molar-refractivity contribution in [1.82, 2.24) is 15.1 Å². The van der Waals surface area contributed by atoms with Gasteiger partial charge in [-0.25, -0.2) is 0 Å². The predicted molar refractivity (Wildman–Crippen MR) is 92.8 cm³/mol. The second-order valence-electron chi connectivity index (χ2n) is 6.44. The number of rotatable bonds is 7. The first-order valence-corrected chi connectivity index (χ1v) is 8.60. The van der Waals surface area contributed by atoms with Gasteiger partial charge in [-0.05, 0) is 43.6 Å². The molecular formula is C18H25F2N3O3. The highest BCUT2D eigenvalue weighted by Crippen LogP contribution is 2.18. The van der Waals surface area contributed by atoms with Gasteiger partial charge in [-0.2, -0.15) is 8.78 Å². The quantitative estimate of drug-likeness (QED) is 0.795. The van der Waals surface area contributed by atoms with E-state index in [0.29, 0.717) is 13.1 Å². The van der Waals surface area contributed by atoms with Crippen LogP contribution in [0.15, 0.2) is 24.3 Å². The number of likely N-dealkylation sites (N-methyl/N-ethyl adjacent to an activating group) is 1. The van der Waals surface area contributed by atoms with Crippen LogP contribution in [0.3, 0.4) is 0 Å². The highest BCUT2D eigenvalue weighted by Gasteiger charge is 2.25. The van der Waals surface area contributed by atoms with E-state index in [1.165, 1.54) is 12.1 Å². The molecule has 0 atom stereocenters. The van der Waals surface area contributed by atoms with Crippen LogP contribution >= 0.6 is 0 Å². The third-order valence-electron chi connectivity index (χ3n) is 4.56. The van der Waals surface area contributed by atoms with E-state index in [1.54, 1.807) is 31.1 Å². The van der Waals surface area contributed by atoms with E-state index in [2.05, 4.69) is 15.0 Å². The van der Waals surface area contributed by atoms with Crippen LogP contribution in [0, 0.1) is 5.92 Å². The van der Waals surface area contributed by atoms with Crippen LogP contribution in [0.25, 0.3) is 0 Å². The largest absolute Gasteiger partial charge is 0.435 e. The number of hydrogen-bond donors (Lipinski definition) is 1. The van der Waals surface area contributed by atoms with E-state index in [1.807, 2.05) is 0 Å². The molecule has 0 unspecified atom stereocenters. The molecule has 6 nitrogen and oxygen atoms in total. The molecule has 0 bridgehead atoms. The first kappa shape index (κ1) is 20.1. The highest BCUT2D eigenvalue weighted by atomic mass is 19.3. The summed E-state index contributed by atoms with van der Waals surface area (Å²) in [6, 6.07) is 6.25. The van der Waals surface area contributed by atoms with Crippen LogP contribution in [0.4, 0.5) is 8.78 Å². The predicted octanol–water partition coefficient (Wildman–Crippen LogP) is 1.70. The minimum atomic E-state index is -2.85.